The summed E-state index contributed by atoms with van der Waals surface area (Å²) in [5, 5.41) is 3.02. The van der Waals surface area contributed by atoms with Gasteiger partial charge >= 0.3 is 0 Å². The molecule has 1 N–H and O–H groups in total. The van der Waals surface area contributed by atoms with Crippen molar-refractivity contribution < 1.29 is 17.9 Å². The zero-order valence-corrected chi connectivity index (χ0v) is 14.4. The van der Waals surface area contributed by atoms with Gasteiger partial charge in [0.15, 0.2) is 0 Å². The predicted octanol–water partition coefficient (Wildman–Crippen LogP) is 4.17. The van der Waals surface area contributed by atoms with Gasteiger partial charge in [0, 0.05) is 17.3 Å². The maximum atomic E-state index is 14.4. The van der Waals surface area contributed by atoms with Crippen LogP contribution in [0.4, 0.5) is 18.9 Å². The van der Waals surface area contributed by atoms with Gasteiger partial charge in [0.05, 0.1) is 12.8 Å². The van der Waals surface area contributed by atoms with Crippen LogP contribution in [0, 0.1) is 17.5 Å². The number of methoxy groups -OCH3 is 1. The summed E-state index contributed by atoms with van der Waals surface area (Å²) >= 11 is 0. The van der Waals surface area contributed by atoms with E-state index < -0.39 is 23.6 Å². The van der Waals surface area contributed by atoms with E-state index in [4.69, 9.17) is 4.74 Å². The molecule has 7 heteroatoms. The minimum absolute atomic E-state index is 0.138. The summed E-state index contributed by atoms with van der Waals surface area (Å²) in [7, 11) is 1.42. The van der Waals surface area contributed by atoms with Gasteiger partial charge in [-0.1, -0.05) is 24.3 Å². The lowest BCUT2D eigenvalue weighted by Gasteiger charge is -2.39. The molecule has 0 saturated carbocycles. The quantitative estimate of drug-likeness (QED) is 0.861. The van der Waals surface area contributed by atoms with Crippen LogP contribution >= 0.6 is 0 Å². The number of nitrogens with one attached hydrogen (secondary N) is 1. The molecule has 1 atom stereocenters. The Morgan fingerprint density at radius 1 is 1.04 bits per heavy atom. The maximum absolute atomic E-state index is 14.4. The summed E-state index contributed by atoms with van der Waals surface area (Å²) in [5.41, 5.74) is 1.18. The van der Waals surface area contributed by atoms with Crippen molar-refractivity contribution in [3.8, 4) is 0 Å². The van der Waals surface area contributed by atoms with Crippen molar-refractivity contribution in [2.75, 3.05) is 12.0 Å². The fourth-order valence-electron chi connectivity index (χ4n) is 3.29. The van der Waals surface area contributed by atoms with E-state index in [1.165, 1.54) is 36.3 Å². The van der Waals surface area contributed by atoms with Gasteiger partial charge in [-0.3, -0.25) is 0 Å². The molecule has 2 aliphatic rings. The number of nitrogens with zero attached hydrogens (tertiary/aromatic N) is 2. The molecule has 0 spiro atoms. The first-order chi connectivity index (χ1) is 13.1. The molecule has 0 aromatic heterocycles. The lowest BCUT2D eigenvalue weighted by atomic mass is 9.96. The smallest absolute Gasteiger partial charge is 0.291 e. The minimum atomic E-state index is -0.698. The number of ether oxygens (including phenoxy) is 1. The standard InChI is InChI=1S/C20H16F3N3O/c1-27-20-24-17(12-6-2-3-8-14(12)21)13-7-5-11-26(19(13)25-20)18-15(22)9-4-10-16(18)23/h2-6,8-11,19H,7H2,1H3,(H,24,25). The summed E-state index contributed by atoms with van der Waals surface area (Å²) < 4.78 is 48.4. The van der Waals surface area contributed by atoms with Crippen molar-refractivity contribution in [2.24, 2.45) is 4.99 Å². The molecule has 138 valence electrons. The van der Waals surface area contributed by atoms with Crippen LogP contribution in [-0.4, -0.2) is 19.3 Å². The van der Waals surface area contributed by atoms with Gasteiger partial charge in [-0.05, 0) is 30.7 Å². The van der Waals surface area contributed by atoms with Gasteiger partial charge in [0.2, 0.25) is 0 Å². The summed E-state index contributed by atoms with van der Waals surface area (Å²) in [5.74, 6) is -1.83. The molecule has 27 heavy (non-hydrogen) atoms. The number of allylic oxidation sites excluding steroid dienone is 1. The SMILES string of the molecule is COC1=NC(c2ccccc2F)=C2CC=CN(c3c(F)cccc3F)C2N1. The van der Waals surface area contributed by atoms with E-state index in [1.807, 2.05) is 0 Å². The van der Waals surface area contributed by atoms with Crippen molar-refractivity contribution in [2.45, 2.75) is 12.6 Å². The van der Waals surface area contributed by atoms with E-state index in [0.717, 1.165) is 0 Å². The van der Waals surface area contributed by atoms with Crippen LogP contribution < -0.4 is 10.2 Å². The largest absolute Gasteiger partial charge is 0.468 e. The topological polar surface area (TPSA) is 36.9 Å². The molecular weight excluding hydrogens is 355 g/mol. The molecule has 0 radical (unpaired) electrons. The van der Waals surface area contributed by atoms with Crippen LogP contribution in [0.1, 0.15) is 12.0 Å². The van der Waals surface area contributed by atoms with Crippen molar-refractivity contribution >= 4 is 17.4 Å². The molecule has 1 unspecified atom stereocenters. The highest BCUT2D eigenvalue weighted by Crippen LogP contribution is 2.36. The summed E-state index contributed by atoms with van der Waals surface area (Å²) in [6.45, 7) is 0. The molecule has 2 aromatic carbocycles. The van der Waals surface area contributed by atoms with Crippen molar-refractivity contribution in [1.82, 2.24) is 5.32 Å². The van der Waals surface area contributed by atoms with Crippen molar-refractivity contribution in [1.29, 1.82) is 0 Å². The van der Waals surface area contributed by atoms with Crippen molar-refractivity contribution in [3.63, 3.8) is 0 Å². The van der Waals surface area contributed by atoms with Crippen LogP contribution in [0.25, 0.3) is 5.70 Å². The molecular formula is C20H16F3N3O. The van der Waals surface area contributed by atoms with Gasteiger partial charge in [-0.15, -0.1) is 0 Å². The summed E-state index contributed by atoms with van der Waals surface area (Å²) in [4.78, 5) is 5.79. The molecule has 2 heterocycles. The second-order valence-electron chi connectivity index (χ2n) is 6.09. The molecule has 2 aliphatic heterocycles. The van der Waals surface area contributed by atoms with Crippen molar-refractivity contribution in [3.05, 3.63) is 83.3 Å². The van der Waals surface area contributed by atoms with Crippen LogP contribution in [0.15, 0.2) is 65.3 Å². The first-order valence-electron chi connectivity index (χ1n) is 8.36. The molecule has 4 nitrogen and oxygen atoms in total. The fourth-order valence-corrected chi connectivity index (χ4v) is 3.29. The first-order valence-corrected chi connectivity index (χ1v) is 8.36. The third-order valence-electron chi connectivity index (χ3n) is 4.51. The van der Waals surface area contributed by atoms with E-state index in [9.17, 15) is 13.2 Å². The molecule has 2 aromatic rings. The monoisotopic (exact) mass is 371 g/mol. The van der Waals surface area contributed by atoms with Gasteiger partial charge in [-0.2, -0.15) is 4.99 Å². The third-order valence-corrected chi connectivity index (χ3v) is 4.51. The second-order valence-corrected chi connectivity index (χ2v) is 6.09. The van der Waals surface area contributed by atoms with Crippen LogP contribution in [0.5, 0.6) is 0 Å². The molecule has 0 aliphatic carbocycles. The van der Waals surface area contributed by atoms with Gasteiger partial charge in [-0.25, -0.2) is 13.2 Å². The number of anilines is 1. The van der Waals surface area contributed by atoms with E-state index in [-0.39, 0.29) is 11.7 Å². The van der Waals surface area contributed by atoms with Gasteiger partial charge < -0.3 is 15.0 Å². The Hall–Kier alpha value is -3.22. The number of aliphatic imine (C=N–C) groups is 1. The number of amidine groups is 1. The number of fused-ring (bicyclic) bond motifs is 1. The second kappa shape index (κ2) is 6.83. The lowest BCUT2D eigenvalue weighted by Crippen LogP contribution is -2.51. The van der Waals surface area contributed by atoms with Gasteiger partial charge in [0.25, 0.3) is 6.02 Å². The van der Waals surface area contributed by atoms with E-state index in [1.54, 1.807) is 30.5 Å². The third kappa shape index (κ3) is 2.95. The normalized spacial score (nSPS) is 18.7. The maximum Gasteiger partial charge on any atom is 0.291 e. The number of para-hydroxylation sites is 1. The molecule has 0 bridgehead atoms. The summed E-state index contributed by atoms with van der Waals surface area (Å²) in [6.07, 6.45) is 3.14. The van der Waals surface area contributed by atoms with E-state index in [2.05, 4.69) is 10.3 Å². The zero-order valence-electron chi connectivity index (χ0n) is 14.4. The number of hydrogen-bond donors (Lipinski definition) is 1. The molecule has 0 saturated heterocycles. The Morgan fingerprint density at radius 2 is 1.74 bits per heavy atom. The highest BCUT2D eigenvalue weighted by atomic mass is 19.1. The van der Waals surface area contributed by atoms with Crippen LogP contribution in [0.2, 0.25) is 0 Å². The van der Waals surface area contributed by atoms with Crippen LogP contribution in [-0.2, 0) is 4.74 Å². The highest BCUT2D eigenvalue weighted by molar-refractivity contribution is 5.88. The Labute approximate surface area is 154 Å². The van der Waals surface area contributed by atoms with Gasteiger partial charge in [0.1, 0.15) is 29.3 Å². The summed E-state index contributed by atoms with van der Waals surface area (Å²) in [6, 6.07) is 10.1. The Kier molecular flexibility index (Phi) is 4.35. The Morgan fingerprint density at radius 3 is 2.44 bits per heavy atom. The number of hydrogen-bond acceptors (Lipinski definition) is 4. The predicted molar refractivity (Wildman–Crippen MR) is 97.3 cm³/mol. The highest BCUT2D eigenvalue weighted by Gasteiger charge is 2.34. The lowest BCUT2D eigenvalue weighted by molar-refractivity contribution is 0.369. The Bertz CT molecular complexity index is 964. The average Bonchev–Trinajstić information content (AvgIpc) is 2.67. The Balaban J connectivity index is 1.89. The van der Waals surface area contributed by atoms with Crippen LogP contribution in [0.3, 0.4) is 0 Å². The number of rotatable bonds is 2. The minimum Gasteiger partial charge on any atom is -0.468 e. The zero-order chi connectivity index (χ0) is 19.0. The number of halogens is 3. The average molecular weight is 371 g/mol. The molecule has 4 rings (SSSR count). The van der Waals surface area contributed by atoms with E-state index in [0.29, 0.717) is 23.3 Å². The number of benzene rings is 2. The first kappa shape index (κ1) is 17.2. The fraction of sp³-hybridized carbons (Fsp3) is 0.150. The molecule has 0 fully saturated rings. The van der Waals surface area contributed by atoms with E-state index >= 15 is 0 Å². The molecule has 0 amide bonds.